The Balaban J connectivity index is 1.34. The third-order valence-electron chi connectivity index (χ3n) is 5.22. The van der Waals surface area contributed by atoms with Crippen LogP contribution in [0, 0.1) is 0 Å². The van der Waals surface area contributed by atoms with Crippen molar-refractivity contribution < 1.29 is 22.7 Å². The molecule has 0 aromatic heterocycles. The molecule has 7 heteroatoms. The van der Waals surface area contributed by atoms with Gasteiger partial charge in [-0.3, -0.25) is 4.72 Å². The van der Waals surface area contributed by atoms with Gasteiger partial charge in [-0.2, -0.15) is 0 Å². The van der Waals surface area contributed by atoms with Gasteiger partial charge in [-0.05, 0) is 47.5 Å². The van der Waals surface area contributed by atoms with Crippen molar-refractivity contribution in [3.63, 3.8) is 0 Å². The summed E-state index contributed by atoms with van der Waals surface area (Å²) < 4.78 is 39.0. The molecule has 0 spiro atoms. The van der Waals surface area contributed by atoms with Gasteiger partial charge in [0.15, 0.2) is 0 Å². The topological polar surface area (TPSA) is 81.7 Å². The average molecular weight is 488 g/mol. The van der Waals surface area contributed by atoms with E-state index in [1.165, 1.54) is 18.2 Å². The number of nitrogens with one attached hydrogen (secondary N) is 1. The molecule has 1 N–H and O–H groups in total. The molecule has 0 unspecified atom stereocenters. The third-order valence-corrected chi connectivity index (χ3v) is 6.62. The zero-order valence-electron chi connectivity index (χ0n) is 19.0. The molecular weight excluding hydrogens is 462 g/mol. The zero-order chi connectivity index (χ0) is 24.5. The standard InChI is InChI=1S/C28H25NO5S/c30-28(24-13-9-14-25(20-24)29-35(31,32)26-15-5-2-6-16-26)33-19-18-23-12-7-8-17-27(23)34-21-22-10-3-1-4-11-22/h1-17,20,29H,18-19,21H2. The van der Waals surface area contributed by atoms with Crippen LogP contribution in [0.5, 0.6) is 5.75 Å². The van der Waals surface area contributed by atoms with Crippen LogP contribution in [0.3, 0.4) is 0 Å². The highest BCUT2D eigenvalue weighted by atomic mass is 32.2. The van der Waals surface area contributed by atoms with Gasteiger partial charge in [0.2, 0.25) is 0 Å². The Morgan fingerprint density at radius 1 is 0.771 bits per heavy atom. The Hall–Kier alpha value is -4.10. The normalized spacial score (nSPS) is 11.0. The Kier molecular flexibility index (Phi) is 7.80. The summed E-state index contributed by atoms with van der Waals surface area (Å²) in [6.07, 6.45) is 0.483. The number of esters is 1. The fourth-order valence-electron chi connectivity index (χ4n) is 3.45. The first kappa shape index (κ1) is 24.0. The predicted molar refractivity (Wildman–Crippen MR) is 135 cm³/mol. The van der Waals surface area contributed by atoms with Gasteiger partial charge in [0.25, 0.3) is 10.0 Å². The van der Waals surface area contributed by atoms with Gasteiger partial charge in [-0.25, -0.2) is 13.2 Å². The van der Waals surface area contributed by atoms with Crippen molar-refractivity contribution in [1.82, 2.24) is 0 Å². The average Bonchev–Trinajstić information content (AvgIpc) is 2.89. The number of anilines is 1. The first-order valence-electron chi connectivity index (χ1n) is 11.1. The van der Waals surface area contributed by atoms with Crippen molar-refractivity contribution in [3.8, 4) is 5.75 Å². The lowest BCUT2D eigenvalue weighted by molar-refractivity contribution is 0.0508. The van der Waals surface area contributed by atoms with E-state index in [0.717, 1.165) is 16.9 Å². The number of hydrogen-bond acceptors (Lipinski definition) is 5. The maximum absolute atomic E-state index is 12.6. The van der Waals surface area contributed by atoms with E-state index in [1.54, 1.807) is 36.4 Å². The zero-order valence-corrected chi connectivity index (χ0v) is 19.8. The minimum Gasteiger partial charge on any atom is -0.489 e. The molecule has 0 atom stereocenters. The fourth-order valence-corrected chi connectivity index (χ4v) is 4.52. The summed E-state index contributed by atoms with van der Waals surface area (Å²) in [7, 11) is -3.76. The lowest BCUT2D eigenvalue weighted by Gasteiger charge is -2.12. The molecule has 4 aromatic rings. The number of benzene rings is 4. The molecule has 4 rings (SSSR count). The molecule has 0 aliphatic rings. The highest BCUT2D eigenvalue weighted by Gasteiger charge is 2.15. The second-order valence-electron chi connectivity index (χ2n) is 7.77. The van der Waals surface area contributed by atoms with Crippen molar-refractivity contribution >= 4 is 21.7 Å². The van der Waals surface area contributed by atoms with Gasteiger partial charge in [0.05, 0.1) is 17.1 Å². The van der Waals surface area contributed by atoms with E-state index in [4.69, 9.17) is 9.47 Å². The summed E-state index contributed by atoms with van der Waals surface area (Å²) in [5.74, 6) is 0.207. The molecular formula is C28H25NO5S. The number of rotatable bonds is 10. The van der Waals surface area contributed by atoms with Crippen LogP contribution in [0.4, 0.5) is 5.69 Å². The Morgan fingerprint density at radius 2 is 1.46 bits per heavy atom. The van der Waals surface area contributed by atoms with Gasteiger partial charge in [0, 0.05) is 12.1 Å². The minimum atomic E-state index is -3.76. The number of carbonyl (C=O) groups excluding carboxylic acids is 1. The van der Waals surface area contributed by atoms with Crippen LogP contribution in [-0.2, 0) is 27.8 Å². The van der Waals surface area contributed by atoms with Gasteiger partial charge in [0.1, 0.15) is 12.4 Å². The van der Waals surface area contributed by atoms with E-state index in [0.29, 0.717) is 13.0 Å². The van der Waals surface area contributed by atoms with E-state index >= 15 is 0 Å². The SMILES string of the molecule is O=C(OCCc1ccccc1OCc1ccccc1)c1cccc(NS(=O)(=O)c2ccccc2)c1. The highest BCUT2D eigenvalue weighted by Crippen LogP contribution is 2.21. The van der Waals surface area contributed by atoms with E-state index in [1.807, 2.05) is 54.6 Å². The van der Waals surface area contributed by atoms with E-state index in [-0.39, 0.29) is 22.8 Å². The quantitative estimate of drug-likeness (QED) is 0.300. The molecule has 0 aliphatic carbocycles. The lowest BCUT2D eigenvalue weighted by atomic mass is 10.1. The van der Waals surface area contributed by atoms with E-state index in [9.17, 15) is 13.2 Å². The smallest absolute Gasteiger partial charge is 0.338 e. The first-order chi connectivity index (χ1) is 17.0. The van der Waals surface area contributed by atoms with E-state index < -0.39 is 16.0 Å². The maximum Gasteiger partial charge on any atom is 0.338 e. The van der Waals surface area contributed by atoms with Gasteiger partial charge < -0.3 is 9.47 Å². The molecule has 0 saturated carbocycles. The Bertz CT molecular complexity index is 1370. The molecule has 0 aliphatic heterocycles. The second kappa shape index (κ2) is 11.4. The second-order valence-corrected chi connectivity index (χ2v) is 9.45. The summed E-state index contributed by atoms with van der Waals surface area (Å²) in [5.41, 5.74) is 2.53. The van der Waals surface area contributed by atoms with Crippen molar-refractivity contribution in [2.45, 2.75) is 17.9 Å². The van der Waals surface area contributed by atoms with Gasteiger partial charge in [-0.1, -0.05) is 72.8 Å². The molecule has 0 saturated heterocycles. The van der Waals surface area contributed by atoms with Crippen LogP contribution in [0.15, 0.2) is 114 Å². The molecule has 0 fully saturated rings. The number of carbonyl (C=O) groups is 1. The Labute approximate surface area is 205 Å². The lowest BCUT2D eigenvalue weighted by Crippen LogP contribution is -2.14. The van der Waals surface area contributed by atoms with Crippen molar-refractivity contribution in [1.29, 1.82) is 0 Å². The first-order valence-corrected chi connectivity index (χ1v) is 12.6. The molecule has 0 radical (unpaired) electrons. The van der Waals surface area contributed by atoms with Crippen LogP contribution < -0.4 is 9.46 Å². The third kappa shape index (κ3) is 6.71. The van der Waals surface area contributed by atoms with Crippen LogP contribution in [0.1, 0.15) is 21.5 Å². The maximum atomic E-state index is 12.6. The van der Waals surface area contributed by atoms with Crippen LogP contribution in [0.25, 0.3) is 0 Å². The molecule has 4 aromatic carbocycles. The molecule has 35 heavy (non-hydrogen) atoms. The fraction of sp³-hybridized carbons (Fsp3) is 0.107. The monoisotopic (exact) mass is 487 g/mol. The molecule has 0 heterocycles. The largest absolute Gasteiger partial charge is 0.489 e. The summed E-state index contributed by atoms with van der Waals surface area (Å²) in [6, 6.07) is 31.8. The number of hydrogen-bond donors (Lipinski definition) is 1. The van der Waals surface area contributed by atoms with Gasteiger partial charge >= 0.3 is 5.97 Å². The molecule has 6 nitrogen and oxygen atoms in total. The highest BCUT2D eigenvalue weighted by molar-refractivity contribution is 7.92. The summed E-state index contributed by atoms with van der Waals surface area (Å²) in [6.45, 7) is 0.605. The van der Waals surface area contributed by atoms with Crippen LogP contribution in [-0.4, -0.2) is 21.0 Å². The van der Waals surface area contributed by atoms with Gasteiger partial charge in [-0.15, -0.1) is 0 Å². The summed E-state index contributed by atoms with van der Waals surface area (Å²) >= 11 is 0. The Morgan fingerprint density at radius 3 is 2.23 bits per heavy atom. The summed E-state index contributed by atoms with van der Waals surface area (Å²) in [5, 5.41) is 0. The van der Waals surface area contributed by atoms with Crippen LogP contribution >= 0.6 is 0 Å². The van der Waals surface area contributed by atoms with E-state index in [2.05, 4.69) is 4.72 Å². The van der Waals surface area contributed by atoms with Crippen molar-refractivity contribution in [2.75, 3.05) is 11.3 Å². The number of para-hydroxylation sites is 1. The predicted octanol–water partition coefficient (Wildman–Crippen LogP) is 5.47. The van der Waals surface area contributed by atoms with Crippen molar-refractivity contribution in [2.24, 2.45) is 0 Å². The summed E-state index contributed by atoms with van der Waals surface area (Å²) in [4.78, 5) is 12.7. The molecule has 0 bridgehead atoms. The molecule has 0 amide bonds. The van der Waals surface area contributed by atoms with Crippen LogP contribution in [0.2, 0.25) is 0 Å². The number of ether oxygens (including phenoxy) is 2. The minimum absolute atomic E-state index is 0.140. The molecule has 178 valence electrons. The number of sulfonamides is 1. The van der Waals surface area contributed by atoms with Crippen molar-refractivity contribution in [3.05, 3.63) is 126 Å².